The van der Waals surface area contributed by atoms with Crippen LogP contribution in [0, 0.1) is 11.2 Å². The third-order valence-corrected chi connectivity index (χ3v) is 2.81. The summed E-state index contributed by atoms with van der Waals surface area (Å²) < 4.78 is 13.0. The Kier molecular flexibility index (Phi) is 4.81. The van der Waals surface area contributed by atoms with Gasteiger partial charge in [-0.1, -0.05) is 12.1 Å². The second-order valence-electron chi connectivity index (χ2n) is 4.95. The van der Waals surface area contributed by atoms with E-state index in [4.69, 9.17) is 5.73 Å². The maximum absolute atomic E-state index is 13.0. The molecule has 4 N–H and O–H groups in total. The van der Waals surface area contributed by atoms with Crippen molar-refractivity contribution in [1.82, 2.24) is 5.32 Å². The van der Waals surface area contributed by atoms with E-state index in [1.807, 2.05) is 0 Å². The van der Waals surface area contributed by atoms with Gasteiger partial charge in [0.1, 0.15) is 5.82 Å². The third kappa shape index (κ3) is 4.09. The van der Waals surface area contributed by atoms with E-state index < -0.39 is 17.4 Å². The summed E-state index contributed by atoms with van der Waals surface area (Å²) in [5.74, 6) is -0.792. The number of rotatable bonds is 6. The van der Waals surface area contributed by atoms with Crippen molar-refractivity contribution < 1.29 is 14.3 Å². The molecule has 5 heteroatoms. The number of amides is 1. The molecule has 1 unspecified atom stereocenters. The lowest BCUT2D eigenvalue weighted by Crippen LogP contribution is -2.41. The molecule has 0 heterocycles. The lowest BCUT2D eigenvalue weighted by atomic mass is 9.92. The fourth-order valence-corrected chi connectivity index (χ4v) is 1.44. The molecule has 0 aromatic heterocycles. The third-order valence-electron chi connectivity index (χ3n) is 2.81. The SMILES string of the molecule is CC(C)(CNCC(O)c1cccc(F)c1)C(N)=O. The first-order chi connectivity index (χ1) is 8.33. The van der Waals surface area contributed by atoms with Crippen LogP contribution in [0.3, 0.4) is 0 Å². The molecule has 1 atom stereocenters. The Labute approximate surface area is 106 Å². The quantitative estimate of drug-likeness (QED) is 0.707. The number of aliphatic hydroxyl groups is 1. The van der Waals surface area contributed by atoms with E-state index in [0.717, 1.165) is 0 Å². The van der Waals surface area contributed by atoms with Crippen LogP contribution in [0.5, 0.6) is 0 Å². The molecule has 4 nitrogen and oxygen atoms in total. The van der Waals surface area contributed by atoms with Crippen LogP contribution in [0.1, 0.15) is 25.5 Å². The van der Waals surface area contributed by atoms with Crippen molar-refractivity contribution in [3.8, 4) is 0 Å². The summed E-state index contributed by atoms with van der Waals surface area (Å²) in [5, 5.41) is 12.8. The molecule has 0 spiro atoms. The summed E-state index contributed by atoms with van der Waals surface area (Å²) >= 11 is 0. The number of primary amides is 1. The van der Waals surface area contributed by atoms with Gasteiger partial charge >= 0.3 is 0 Å². The standard InChI is InChI=1S/C13H19FN2O2/c1-13(2,12(15)18)8-16-7-11(17)9-4-3-5-10(14)6-9/h3-6,11,16-17H,7-8H2,1-2H3,(H2,15,18). The highest BCUT2D eigenvalue weighted by atomic mass is 19.1. The summed E-state index contributed by atoms with van der Waals surface area (Å²) in [5.41, 5.74) is 5.05. The normalized spacial score (nSPS) is 13.3. The zero-order valence-electron chi connectivity index (χ0n) is 10.6. The highest BCUT2D eigenvalue weighted by Gasteiger charge is 2.24. The van der Waals surface area contributed by atoms with Crippen LogP contribution >= 0.6 is 0 Å². The lowest BCUT2D eigenvalue weighted by molar-refractivity contribution is -0.125. The van der Waals surface area contributed by atoms with Crippen LogP contribution in [-0.4, -0.2) is 24.1 Å². The van der Waals surface area contributed by atoms with Crippen LogP contribution in [0.4, 0.5) is 4.39 Å². The monoisotopic (exact) mass is 254 g/mol. The van der Waals surface area contributed by atoms with Gasteiger partial charge in [-0.05, 0) is 31.5 Å². The molecule has 1 aromatic carbocycles. The molecule has 18 heavy (non-hydrogen) atoms. The van der Waals surface area contributed by atoms with Gasteiger partial charge in [-0.25, -0.2) is 4.39 Å². The van der Waals surface area contributed by atoms with E-state index in [1.165, 1.54) is 12.1 Å². The number of halogens is 1. The number of aliphatic hydroxyl groups excluding tert-OH is 1. The fraction of sp³-hybridized carbons (Fsp3) is 0.462. The minimum atomic E-state index is -0.815. The molecule has 1 rings (SSSR count). The molecule has 0 saturated carbocycles. The van der Waals surface area contributed by atoms with Gasteiger partial charge in [-0.2, -0.15) is 0 Å². The molecule has 1 aromatic rings. The smallest absolute Gasteiger partial charge is 0.224 e. The Bertz CT molecular complexity index is 421. The van der Waals surface area contributed by atoms with Crippen LogP contribution in [0.25, 0.3) is 0 Å². The fourth-order valence-electron chi connectivity index (χ4n) is 1.44. The van der Waals surface area contributed by atoms with Gasteiger partial charge in [0.2, 0.25) is 5.91 Å². The average molecular weight is 254 g/mol. The second-order valence-corrected chi connectivity index (χ2v) is 4.95. The highest BCUT2D eigenvalue weighted by molar-refractivity contribution is 5.80. The minimum absolute atomic E-state index is 0.236. The van der Waals surface area contributed by atoms with E-state index in [-0.39, 0.29) is 12.4 Å². The molecule has 100 valence electrons. The summed E-state index contributed by atoms with van der Waals surface area (Å²) in [7, 11) is 0. The molecule has 0 bridgehead atoms. The zero-order chi connectivity index (χ0) is 13.8. The van der Waals surface area contributed by atoms with Crippen molar-refractivity contribution in [2.75, 3.05) is 13.1 Å². The molecule has 0 aliphatic carbocycles. The summed E-state index contributed by atoms with van der Waals surface area (Å²) in [6, 6.07) is 5.79. The molecule has 0 aliphatic heterocycles. The Morgan fingerprint density at radius 3 is 2.78 bits per heavy atom. The Hall–Kier alpha value is -1.46. The largest absolute Gasteiger partial charge is 0.387 e. The summed E-state index contributed by atoms with van der Waals surface area (Å²) in [6.45, 7) is 4.03. The van der Waals surface area contributed by atoms with Gasteiger partial charge in [-0.3, -0.25) is 4.79 Å². The zero-order valence-corrected chi connectivity index (χ0v) is 10.6. The number of hydrogen-bond donors (Lipinski definition) is 3. The van der Waals surface area contributed by atoms with E-state index in [1.54, 1.807) is 26.0 Å². The molecular weight excluding hydrogens is 235 g/mol. The highest BCUT2D eigenvalue weighted by Crippen LogP contribution is 2.15. The average Bonchev–Trinajstić information content (AvgIpc) is 2.28. The van der Waals surface area contributed by atoms with Crippen LogP contribution in [-0.2, 0) is 4.79 Å². The van der Waals surface area contributed by atoms with Gasteiger partial charge in [0.05, 0.1) is 11.5 Å². The molecular formula is C13H19FN2O2. The number of benzene rings is 1. The molecule has 0 saturated heterocycles. The Morgan fingerprint density at radius 1 is 1.56 bits per heavy atom. The van der Waals surface area contributed by atoms with Crippen molar-refractivity contribution in [2.24, 2.45) is 11.1 Å². The Morgan fingerprint density at radius 2 is 2.22 bits per heavy atom. The van der Waals surface area contributed by atoms with E-state index in [2.05, 4.69) is 5.32 Å². The van der Waals surface area contributed by atoms with Crippen molar-refractivity contribution in [3.63, 3.8) is 0 Å². The van der Waals surface area contributed by atoms with Gasteiger partial charge in [0.25, 0.3) is 0 Å². The number of carbonyl (C=O) groups excluding carboxylic acids is 1. The van der Waals surface area contributed by atoms with Gasteiger partial charge < -0.3 is 16.2 Å². The van der Waals surface area contributed by atoms with E-state index >= 15 is 0 Å². The summed E-state index contributed by atoms with van der Waals surface area (Å²) in [6.07, 6.45) is -0.815. The predicted octanol–water partition coefficient (Wildman–Crippen LogP) is 0.960. The predicted molar refractivity (Wildman–Crippen MR) is 67.2 cm³/mol. The summed E-state index contributed by atoms with van der Waals surface area (Å²) in [4.78, 5) is 11.1. The van der Waals surface area contributed by atoms with Crippen molar-refractivity contribution in [3.05, 3.63) is 35.6 Å². The van der Waals surface area contributed by atoms with Crippen molar-refractivity contribution in [1.29, 1.82) is 0 Å². The van der Waals surface area contributed by atoms with Gasteiger partial charge in [0.15, 0.2) is 0 Å². The first kappa shape index (κ1) is 14.6. The number of nitrogens with one attached hydrogen (secondary N) is 1. The first-order valence-electron chi connectivity index (χ1n) is 5.77. The van der Waals surface area contributed by atoms with E-state index in [9.17, 15) is 14.3 Å². The molecule has 0 radical (unpaired) electrons. The topological polar surface area (TPSA) is 75.3 Å². The number of carbonyl (C=O) groups is 1. The lowest BCUT2D eigenvalue weighted by Gasteiger charge is -2.22. The number of nitrogens with two attached hydrogens (primary N) is 1. The molecule has 0 aliphatic rings. The maximum Gasteiger partial charge on any atom is 0.224 e. The molecule has 1 amide bonds. The second kappa shape index (κ2) is 5.93. The van der Waals surface area contributed by atoms with Gasteiger partial charge in [0, 0.05) is 13.1 Å². The molecule has 0 fully saturated rings. The van der Waals surface area contributed by atoms with Crippen molar-refractivity contribution in [2.45, 2.75) is 20.0 Å². The Balaban J connectivity index is 2.47. The first-order valence-corrected chi connectivity index (χ1v) is 5.77. The van der Waals surface area contributed by atoms with Crippen molar-refractivity contribution >= 4 is 5.91 Å². The van der Waals surface area contributed by atoms with Crippen LogP contribution in [0.15, 0.2) is 24.3 Å². The van der Waals surface area contributed by atoms with Crippen LogP contribution in [0.2, 0.25) is 0 Å². The number of hydrogen-bond acceptors (Lipinski definition) is 3. The van der Waals surface area contributed by atoms with E-state index in [0.29, 0.717) is 12.1 Å². The maximum atomic E-state index is 13.0. The minimum Gasteiger partial charge on any atom is -0.387 e. The van der Waals surface area contributed by atoms with Crippen LogP contribution < -0.4 is 11.1 Å². The van der Waals surface area contributed by atoms with Gasteiger partial charge in [-0.15, -0.1) is 0 Å².